The van der Waals surface area contributed by atoms with Crippen LogP contribution in [0.1, 0.15) is 15.9 Å². The zero-order valence-electron chi connectivity index (χ0n) is 23.1. The highest BCUT2D eigenvalue weighted by Gasteiger charge is 2.29. The van der Waals surface area contributed by atoms with Crippen molar-refractivity contribution in [1.29, 1.82) is 0 Å². The van der Waals surface area contributed by atoms with Crippen LogP contribution in [0.3, 0.4) is 0 Å². The van der Waals surface area contributed by atoms with Crippen molar-refractivity contribution in [2.75, 3.05) is 0 Å². The third-order valence-corrected chi connectivity index (χ3v) is 9.46. The number of carbonyl (C=O) groups excluding carboxylic acids is 1. The number of rotatable bonds is 1. The second kappa shape index (κ2) is 7.62. The van der Waals surface area contributed by atoms with Crippen LogP contribution in [0.5, 0.6) is 0 Å². The Morgan fingerprint density at radius 2 is 1.18 bits per heavy atom. The van der Waals surface area contributed by atoms with E-state index in [0.717, 1.165) is 27.7 Å². The predicted molar refractivity (Wildman–Crippen MR) is 175 cm³/mol. The third-order valence-electron chi connectivity index (χ3n) is 9.46. The van der Waals surface area contributed by atoms with E-state index in [1.165, 1.54) is 43.5 Å². The predicted octanol–water partition coefficient (Wildman–Crippen LogP) is 8.48. The van der Waals surface area contributed by atoms with Crippen LogP contribution < -0.4 is 0 Å². The van der Waals surface area contributed by atoms with Crippen molar-refractivity contribution in [3.8, 4) is 17.2 Å². The molecule has 5 aromatic heterocycles. The molecule has 5 aromatic carbocycles. The summed E-state index contributed by atoms with van der Waals surface area (Å²) in [5.74, 6) is 0.517. The Bertz CT molecular complexity index is 2910. The Kier molecular flexibility index (Phi) is 3.89. The summed E-state index contributed by atoms with van der Waals surface area (Å²) in [7, 11) is 0. The van der Waals surface area contributed by atoms with E-state index in [-0.39, 0.29) is 5.78 Å². The number of fused-ring (bicyclic) bond motifs is 12. The lowest BCUT2D eigenvalue weighted by molar-refractivity contribution is 0.104. The highest BCUT2D eigenvalue weighted by Crippen LogP contribution is 2.46. The summed E-state index contributed by atoms with van der Waals surface area (Å²) >= 11 is 0. The number of hydrogen-bond donors (Lipinski definition) is 0. The monoisotopic (exact) mass is 561 g/mol. The van der Waals surface area contributed by atoms with Crippen molar-refractivity contribution in [3.63, 3.8) is 0 Å². The van der Waals surface area contributed by atoms with Crippen molar-refractivity contribution in [1.82, 2.24) is 23.9 Å². The smallest absolute Gasteiger partial charge is 0.237 e. The van der Waals surface area contributed by atoms with E-state index in [1.54, 1.807) is 12.3 Å². The van der Waals surface area contributed by atoms with Crippen molar-refractivity contribution in [2.24, 2.45) is 0 Å². The maximum Gasteiger partial charge on any atom is 0.237 e. The molecular formula is C38H19N5O. The van der Waals surface area contributed by atoms with Gasteiger partial charge in [0.1, 0.15) is 0 Å². The minimum absolute atomic E-state index is 0.0193. The summed E-state index contributed by atoms with van der Waals surface area (Å²) in [5, 5.41) is 7.89. The van der Waals surface area contributed by atoms with Gasteiger partial charge >= 0.3 is 0 Å². The highest BCUT2D eigenvalue weighted by atomic mass is 16.1. The minimum atomic E-state index is -0.0193. The van der Waals surface area contributed by atoms with Gasteiger partial charge in [0.05, 0.1) is 38.7 Å². The molecule has 10 aromatic rings. The van der Waals surface area contributed by atoms with Crippen LogP contribution in [0.15, 0.2) is 115 Å². The molecule has 44 heavy (non-hydrogen) atoms. The van der Waals surface area contributed by atoms with E-state index < -0.39 is 0 Å². The lowest BCUT2D eigenvalue weighted by atomic mass is 9.88. The Morgan fingerprint density at radius 3 is 2.00 bits per heavy atom. The molecule has 0 bridgehead atoms. The summed E-state index contributed by atoms with van der Waals surface area (Å²) < 4.78 is 4.59. The van der Waals surface area contributed by atoms with Crippen molar-refractivity contribution in [3.05, 3.63) is 127 Å². The first kappa shape index (κ1) is 22.5. The number of aromatic nitrogens is 5. The summed E-state index contributed by atoms with van der Waals surface area (Å²) in [6.07, 6.45) is 1.67. The van der Waals surface area contributed by atoms with Gasteiger partial charge in [-0.05, 0) is 30.3 Å². The Morgan fingerprint density at radius 1 is 0.523 bits per heavy atom. The minimum Gasteiger partial charge on any atom is -0.308 e. The fraction of sp³-hybridized carbons (Fsp3) is 0. The molecule has 1 aliphatic carbocycles. The number of carbonyl (C=O) groups is 1. The number of benzene rings is 5. The molecule has 5 heterocycles. The van der Waals surface area contributed by atoms with Gasteiger partial charge in [-0.3, -0.25) is 9.36 Å². The van der Waals surface area contributed by atoms with Crippen molar-refractivity contribution < 1.29 is 4.79 Å². The van der Waals surface area contributed by atoms with Crippen LogP contribution >= 0.6 is 0 Å². The molecule has 6 nitrogen and oxygen atoms in total. The van der Waals surface area contributed by atoms with Crippen molar-refractivity contribution >= 4 is 76.7 Å². The van der Waals surface area contributed by atoms with Gasteiger partial charge < -0.3 is 4.40 Å². The molecule has 11 rings (SSSR count). The Labute approximate surface area is 248 Å². The first-order chi connectivity index (χ1) is 21.8. The molecule has 0 saturated heterocycles. The number of nitrogens with zero attached hydrogens (tertiary/aromatic N) is 5. The van der Waals surface area contributed by atoms with Gasteiger partial charge in [-0.25, -0.2) is 9.97 Å². The number of para-hydroxylation sites is 3. The fourth-order valence-electron chi connectivity index (χ4n) is 7.74. The summed E-state index contributed by atoms with van der Waals surface area (Å²) in [6.45, 7) is 0. The zero-order chi connectivity index (χ0) is 28.7. The molecule has 6 heteroatoms. The van der Waals surface area contributed by atoms with Crippen LogP contribution in [0, 0.1) is 0 Å². The maximum atomic E-state index is 13.4. The summed E-state index contributed by atoms with van der Waals surface area (Å²) in [6, 6.07) is 37.6. The average molecular weight is 562 g/mol. The van der Waals surface area contributed by atoms with Crippen LogP contribution in [0.2, 0.25) is 0 Å². The van der Waals surface area contributed by atoms with Gasteiger partial charge in [0.15, 0.2) is 11.4 Å². The molecule has 0 radical (unpaired) electrons. The molecule has 0 amide bonds. The molecule has 0 N–H and O–H groups in total. The molecule has 0 unspecified atom stereocenters. The lowest BCUT2D eigenvalue weighted by Gasteiger charge is -2.19. The number of hydrogen-bond acceptors (Lipinski definition) is 4. The van der Waals surface area contributed by atoms with Gasteiger partial charge in [-0.2, -0.15) is 4.98 Å². The SMILES string of the molecule is O=C1c2ccccc2-c2nc(-n3c4ccccc4c4c5c6ccccc6n6c7ccccc7c(cc43)c56)nc3nccc1c23. The maximum absolute atomic E-state index is 13.4. The molecule has 1 aliphatic rings. The molecule has 0 saturated carbocycles. The number of ketones is 1. The normalized spacial score (nSPS) is 13.0. The summed E-state index contributed by atoms with van der Waals surface area (Å²) in [4.78, 5) is 28.4. The van der Waals surface area contributed by atoms with E-state index in [0.29, 0.717) is 28.1 Å². The topological polar surface area (TPSA) is 65.1 Å². The van der Waals surface area contributed by atoms with E-state index in [1.807, 2.05) is 24.3 Å². The van der Waals surface area contributed by atoms with E-state index in [9.17, 15) is 4.79 Å². The molecular weight excluding hydrogens is 542 g/mol. The van der Waals surface area contributed by atoms with E-state index in [2.05, 4.69) is 92.8 Å². The largest absolute Gasteiger partial charge is 0.308 e. The van der Waals surface area contributed by atoms with Crippen LogP contribution in [-0.4, -0.2) is 29.7 Å². The van der Waals surface area contributed by atoms with Gasteiger partial charge in [0.2, 0.25) is 5.95 Å². The third kappa shape index (κ3) is 2.51. The molecule has 0 fully saturated rings. The first-order valence-corrected chi connectivity index (χ1v) is 14.7. The van der Waals surface area contributed by atoms with E-state index >= 15 is 0 Å². The summed E-state index contributed by atoms with van der Waals surface area (Å²) in [5.41, 5.74) is 9.00. The Hall–Kier alpha value is -6.14. The Balaban J connectivity index is 1.38. The van der Waals surface area contributed by atoms with Crippen LogP contribution in [-0.2, 0) is 0 Å². The van der Waals surface area contributed by atoms with Crippen molar-refractivity contribution in [2.45, 2.75) is 0 Å². The molecule has 0 spiro atoms. The van der Waals surface area contributed by atoms with Gasteiger partial charge in [0, 0.05) is 55.2 Å². The van der Waals surface area contributed by atoms with Gasteiger partial charge in [-0.15, -0.1) is 0 Å². The highest BCUT2D eigenvalue weighted by molar-refractivity contribution is 6.35. The zero-order valence-corrected chi connectivity index (χ0v) is 23.1. The lowest BCUT2D eigenvalue weighted by Crippen LogP contribution is -2.14. The standard InChI is InChI=1S/C38H19N5O/c44-36-22-11-2-1-10-21(22)34-33-25(36)17-18-39-37(33)41-38(40-34)43-29-16-8-4-12-23(29)31-30(43)19-26-20-9-3-6-14-27(20)42-28-15-7-5-13-24(28)32(31)35(26)42/h1-19H. The van der Waals surface area contributed by atoms with E-state index in [4.69, 9.17) is 9.97 Å². The van der Waals surface area contributed by atoms with Crippen LogP contribution in [0.25, 0.3) is 88.1 Å². The second-order valence-electron chi connectivity index (χ2n) is 11.6. The van der Waals surface area contributed by atoms with Crippen LogP contribution in [0.4, 0.5) is 0 Å². The van der Waals surface area contributed by atoms with Gasteiger partial charge in [-0.1, -0.05) is 78.9 Å². The van der Waals surface area contributed by atoms with Gasteiger partial charge in [0.25, 0.3) is 0 Å². The second-order valence-corrected chi connectivity index (χ2v) is 11.6. The average Bonchev–Trinajstić information content (AvgIpc) is 3.71. The quantitative estimate of drug-likeness (QED) is 0.202. The fourth-order valence-corrected chi connectivity index (χ4v) is 7.74. The molecule has 202 valence electrons. The molecule has 0 atom stereocenters. The number of pyridine rings is 1. The molecule has 0 aliphatic heterocycles. The first-order valence-electron chi connectivity index (χ1n) is 14.7.